The van der Waals surface area contributed by atoms with Gasteiger partial charge in [-0.3, -0.25) is 0 Å². The molecule has 0 fully saturated rings. The van der Waals surface area contributed by atoms with Crippen LogP contribution in [0.4, 0.5) is 0 Å². The van der Waals surface area contributed by atoms with Gasteiger partial charge in [0, 0.05) is 0 Å². The van der Waals surface area contributed by atoms with Crippen molar-refractivity contribution < 1.29 is 0 Å². The quantitative estimate of drug-likeness (QED) is 0.482. The average Bonchev–Trinajstić information content (AvgIpc) is 2.22. The number of hydrogen-bond donors (Lipinski definition) is 0. The third-order valence-electron chi connectivity index (χ3n) is 2.67. The first-order valence-corrected chi connectivity index (χ1v) is 6.06. The molecule has 0 aromatic rings. The highest BCUT2D eigenvalue weighted by atomic mass is 14.0. The summed E-state index contributed by atoms with van der Waals surface area (Å²) in [7, 11) is 0. The summed E-state index contributed by atoms with van der Waals surface area (Å²) in [6.45, 7) is 0. The molecule has 0 saturated carbocycles. The molecular formula is C14H22. The van der Waals surface area contributed by atoms with E-state index in [0.29, 0.717) is 0 Å². The topological polar surface area (TPSA) is 0 Å². The van der Waals surface area contributed by atoms with Gasteiger partial charge in [-0.15, -0.1) is 5.73 Å². The van der Waals surface area contributed by atoms with Crippen molar-refractivity contribution in [2.24, 2.45) is 0 Å². The third kappa shape index (κ3) is 6.74. The highest BCUT2D eigenvalue weighted by Crippen LogP contribution is 2.10. The summed E-state index contributed by atoms with van der Waals surface area (Å²) in [5.74, 6) is 0. The van der Waals surface area contributed by atoms with Gasteiger partial charge in [0.2, 0.25) is 0 Å². The predicted molar refractivity (Wildman–Crippen MR) is 63.3 cm³/mol. The summed E-state index contributed by atoms with van der Waals surface area (Å²) in [6.07, 6.45) is 20.8. The minimum atomic E-state index is 1.20. The number of allylic oxidation sites excluding steroid dienone is 3. The Balaban J connectivity index is 2.28. The molecule has 1 rings (SSSR count). The number of rotatable bonds is 0. The van der Waals surface area contributed by atoms with E-state index in [9.17, 15) is 0 Å². The fourth-order valence-corrected chi connectivity index (χ4v) is 1.76. The Labute approximate surface area is 88.4 Å². The maximum Gasteiger partial charge on any atom is -0.0206 e. The van der Waals surface area contributed by atoms with Crippen molar-refractivity contribution in [1.29, 1.82) is 0 Å². The largest absolute Gasteiger partial charge is 0.125 e. The summed E-state index contributed by atoms with van der Waals surface area (Å²) in [6, 6.07) is 0. The van der Waals surface area contributed by atoms with Crippen LogP contribution in [-0.4, -0.2) is 0 Å². The van der Waals surface area contributed by atoms with Crippen LogP contribution >= 0.6 is 0 Å². The lowest BCUT2D eigenvalue weighted by Crippen LogP contribution is -1.80. The van der Waals surface area contributed by atoms with Crippen molar-refractivity contribution >= 4 is 0 Å². The monoisotopic (exact) mass is 190 g/mol. The molecule has 0 aromatic carbocycles. The van der Waals surface area contributed by atoms with Gasteiger partial charge in [-0.1, -0.05) is 44.3 Å². The van der Waals surface area contributed by atoms with E-state index < -0.39 is 0 Å². The Hall–Kier alpha value is -0.740. The van der Waals surface area contributed by atoms with Gasteiger partial charge in [0.05, 0.1) is 0 Å². The highest BCUT2D eigenvalue weighted by molar-refractivity contribution is 5.02. The molecule has 0 atom stereocenters. The van der Waals surface area contributed by atoms with E-state index in [0.717, 1.165) is 0 Å². The zero-order valence-corrected chi connectivity index (χ0v) is 9.17. The summed E-state index contributed by atoms with van der Waals surface area (Å²) < 4.78 is 0. The molecule has 1 aliphatic rings. The molecule has 0 amide bonds. The molecule has 0 saturated heterocycles. The van der Waals surface area contributed by atoms with E-state index in [4.69, 9.17) is 0 Å². The minimum Gasteiger partial charge on any atom is -0.125 e. The maximum atomic E-state index is 3.20. The normalized spacial score (nSPS) is 22.9. The molecule has 1 aliphatic carbocycles. The SMILES string of the molecule is C1=C/C=C\CCCCCCCCCC=1. The smallest absolute Gasteiger partial charge is 0.0206 e. The second-order valence-electron chi connectivity index (χ2n) is 4.02. The van der Waals surface area contributed by atoms with Gasteiger partial charge < -0.3 is 0 Å². The van der Waals surface area contributed by atoms with Gasteiger partial charge in [0.15, 0.2) is 0 Å². The molecule has 78 valence electrons. The molecule has 0 spiro atoms. The third-order valence-corrected chi connectivity index (χ3v) is 2.67. The Morgan fingerprint density at radius 2 is 1.36 bits per heavy atom. The zero-order valence-electron chi connectivity index (χ0n) is 9.17. The zero-order chi connectivity index (χ0) is 9.90. The van der Waals surface area contributed by atoms with Crippen molar-refractivity contribution in [3.05, 3.63) is 30.0 Å². The Kier molecular flexibility index (Phi) is 7.16. The van der Waals surface area contributed by atoms with Gasteiger partial charge >= 0.3 is 0 Å². The van der Waals surface area contributed by atoms with Crippen LogP contribution in [-0.2, 0) is 0 Å². The van der Waals surface area contributed by atoms with E-state index in [2.05, 4.69) is 24.0 Å². The first kappa shape index (κ1) is 11.3. The Bertz CT molecular complexity index is 204. The van der Waals surface area contributed by atoms with Crippen molar-refractivity contribution in [2.45, 2.75) is 57.8 Å². The van der Waals surface area contributed by atoms with Gasteiger partial charge in [-0.05, 0) is 37.8 Å². The van der Waals surface area contributed by atoms with E-state index in [1.54, 1.807) is 0 Å². The summed E-state index contributed by atoms with van der Waals surface area (Å²) in [5.41, 5.74) is 3.20. The molecule has 0 unspecified atom stereocenters. The van der Waals surface area contributed by atoms with Crippen LogP contribution in [0.5, 0.6) is 0 Å². The maximum absolute atomic E-state index is 3.20. The fourth-order valence-electron chi connectivity index (χ4n) is 1.76. The van der Waals surface area contributed by atoms with E-state index in [1.165, 1.54) is 57.8 Å². The first-order valence-electron chi connectivity index (χ1n) is 6.06. The molecule has 0 N–H and O–H groups in total. The van der Waals surface area contributed by atoms with Crippen LogP contribution in [0.3, 0.4) is 0 Å². The predicted octanol–water partition coefficient (Wildman–Crippen LogP) is 4.78. The van der Waals surface area contributed by atoms with E-state index in [-0.39, 0.29) is 0 Å². The molecule has 0 aromatic heterocycles. The second-order valence-corrected chi connectivity index (χ2v) is 4.02. The van der Waals surface area contributed by atoms with Gasteiger partial charge in [0.1, 0.15) is 0 Å². The summed E-state index contributed by atoms with van der Waals surface area (Å²) in [5, 5.41) is 0. The lowest BCUT2D eigenvalue weighted by Gasteiger charge is -2.00. The van der Waals surface area contributed by atoms with Gasteiger partial charge in [-0.25, -0.2) is 0 Å². The van der Waals surface area contributed by atoms with Gasteiger partial charge in [-0.2, -0.15) is 0 Å². The Morgan fingerprint density at radius 3 is 2.14 bits per heavy atom. The molecule has 0 aliphatic heterocycles. The molecule has 0 radical (unpaired) electrons. The van der Waals surface area contributed by atoms with E-state index >= 15 is 0 Å². The highest BCUT2D eigenvalue weighted by Gasteiger charge is 1.90. The summed E-state index contributed by atoms with van der Waals surface area (Å²) in [4.78, 5) is 0. The second kappa shape index (κ2) is 8.84. The molecule has 0 heterocycles. The van der Waals surface area contributed by atoms with Crippen LogP contribution in [0.1, 0.15) is 57.8 Å². The molecule has 0 heteroatoms. The van der Waals surface area contributed by atoms with Crippen LogP contribution in [0.2, 0.25) is 0 Å². The van der Waals surface area contributed by atoms with Crippen molar-refractivity contribution in [1.82, 2.24) is 0 Å². The molecule has 14 heavy (non-hydrogen) atoms. The van der Waals surface area contributed by atoms with Gasteiger partial charge in [0.25, 0.3) is 0 Å². The van der Waals surface area contributed by atoms with Crippen LogP contribution in [0.25, 0.3) is 0 Å². The molecular weight excluding hydrogens is 168 g/mol. The lowest BCUT2D eigenvalue weighted by atomic mass is 10.1. The summed E-state index contributed by atoms with van der Waals surface area (Å²) >= 11 is 0. The van der Waals surface area contributed by atoms with Crippen molar-refractivity contribution in [2.75, 3.05) is 0 Å². The molecule has 0 nitrogen and oxygen atoms in total. The van der Waals surface area contributed by atoms with Crippen LogP contribution in [0.15, 0.2) is 30.0 Å². The van der Waals surface area contributed by atoms with E-state index in [1.807, 2.05) is 6.08 Å². The minimum absolute atomic E-state index is 1.20. The fraction of sp³-hybridized carbons (Fsp3) is 0.643. The number of hydrogen-bond acceptors (Lipinski definition) is 0. The lowest BCUT2D eigenvalue weighted by molar-refractivity contribution is 0.583. The standard InChI is InChI=1S/C14H22/c1-2-4-6-8-10-12-14-13-11-9-7-5-3-1/h1-3,7H,4,6,8-14H2/b2-1-. The van der Waals surface area contributed by atoms with Crippen LogP contribution < -0.4 is 0 Å². The van der Waals surface area contributed by atoms with Crippen molar-refractivity contribution in [3.8, 4) is 0 Å². The van der Waals surface area contributed by atoms with Crippen LogP contribution in [0, 0.1) is 0 Å². The molecule has 0 bridgehead atoms. The van der Waals surface area contributed by atoms with Crippen molar-refractivity contribution in [3.63, 3.8) is 0 Å². The average molecular weight is 190 g/mol. The first-order chi connectivity index (χ1) is 7.00. The Morgan fingerprint density at radius 1 is 0.714 bits per heavy atom.